The summed E-state index contributed by atoms with van der Waals surface area (Å²) in [7, 11) is 0. The second kappa shape index (κ2) is 8.69. The van der Waals surface area contributed by atoms with Crippen LogP contribution in [0, 0.1) is 0 Å². The van der Waals surface area contributed by atoms with Crippen LogP contribution in [-0.4, -0.2) is 70.2 Å². The molecule has 2 saturated heterocycles. The highest BCUT2D eigenvalue weighted by atomic mass is 35.5. The number of H-pyrrole nitrogens is 1. The molecule has 0 radical (unpaired) electrons. The standard InChI is InChI=1S/C21H30ClFN6O/c1-21(2,23)18-12-29(17(13-30-18)11-14-3-5-15(22)6-4-14)16-7-9-28(10-8-16)20-25-19(24)26-27-20/h3-6,16-18H,7-13H2,1-2H3,(H3,24,25,26,27)/t17-,18?/m0/s1. The lowest BCUT2D eigenvalue weighted by Crippen LogP contribution is -2.60. The molecule has 2 atom stereocenters. The molecule has 1 aromatic heterocycles. The van der Waals surface area contributed by atoms with E-state index in [1.807, 2.05) is 12.1 Å². The summed E-state index contributed by atoms with van der Waals surface area (Å²) < 4.78 is 20.7. The van der Waals surface area contributed by atoms with Crippen molar-refractivity contribution in [1.29, 1.82) is 0 Å². The van der Waals surface area contributed by atoms with Gasteiger partial charge in [0.1, 0.15) is 11.8 Å². The van der Waals surface area contributed by atoms with Gasteiger partial charge in [0, 0.05) is 36.7 Å². The maximum atomic E-state index is 14.7. The smallest absolute Gasteiger partial charge is 0.246 e. The minimum absolute atomic E-state index is 0.209. The number of alkyl halides is 1. The lowest BCUT2D eigenvalue weighted by atomic mass is 9.93. The van der Waals surface area contributed by atoms with Gasteiger partial charge >= 0.3 is 0 Å². The number of anilines is 2. The Morgan fingerprint density at radius 2 is 1.97 bits per heavy atom. The van der Waals surface area contributed by atoms with E-state index in [0.717, 1.165) is 37.4 Å². The van der Waals surface area contributed by atoms with Crippen LogP contribution in [0.1, 0.15) is 32.3 Å². The van der Waals surface area contributed by atoms with Gasteiger partial charge < -0.3 is 15.4 Å². The van der Waals surface area contributed by atoms with Crippen molar-refractivity contribution in [3.63, 3.8) is 0 Å². The topological polar surface area (TPSA) is 83.3 Å². The zero-order valence-electron chi connectivity index (χ0n) is 17.5. The molecule has 0 aliphatic carbocycles. The molecule has 2 aliphatic heterocycles. The predicted molar refractivity (Wildman–Crippen MR) is 117 cm³/mol. The molecular formula is C21H30ClFN6O. The first kappa shape index (κ1) is 21.3. The summed E-state index contributed by atoms with van der Waals surface area (Å²) in [5, 5.41) is 7.60. The van der Waals surface area contributed by atoms with Gasteiger partial charge in [-0.15, -0.1) is 5.10 Å². The zero-order chi connectivity index (χ0) is 21.3. The number of rotatable bonds is 5. The van der Waals surface area contributed by atoms with Gasteiger partial charge in [-0.05, 0) is 50.8 Å². The van der Waals surface area contributed by atoms with E-state index >= 15 is 0 Å². The molecule has 2 aliphatic rings. The minimum Gasteiger partial charge on any atom is -0.372 e. The number of piperidine rings is 1. The highest BCUT2D eigenvalue weighted by molar-refractivity contribution is 6.30. The Kier molecular flexibility index (Phi) is 6.18. The quantitative estimate of drug-likeness (QED) is 0.749. The highest BCUT2D eigenvalue weighted by Crippen LogP contribution is 2.30. The number of benzene rings is 1. The normalized spacial score (nSPS) is 24.3. The molecule has 7 nitrogen and oxygen atoms in total. The largest absolute Gasteiger partial charge is 0.372 e. The molecule has 0 amide bonds. The molecule has 9 heteroatoms. The average molecular weight is 437 g/mol. The van der Waals surface area contributed by atoms with E-state index in [1.54, 1.807) is 13.8 Å². The van der Waals surface area contributed by atoms with Crippen LogP contribution in [0.5, 0.6) is 0 Å². The summed E-state index contributed by atoms with van der Waals surface area (Å²) in [5.74, 6) is 0.977. The number of aromatic amines is 1. The van der Waals surface area contributed by atoms with Gasteiger partial charge in [0.15, 0.2) is 0 Å². The Morgan fingerprint density at radius 1 is 1.27 bits per heavy atom. The first-order valence-corrected chi connectivity index (χ1v) is 10.9. The van der Waals surface area contributed by atoms with Crippen molar-refractivity contribution < 1.29 is 9.13 Å². The van der Waals surface area contributed by atoms with E-state index in [1.165, 1.54) is 5.56 Å². The molecule has 4 rings (SSSR count). The third-order valence-electron chi connectivity index (χ3n) is 6.19. The van der Waals surface area contributed by atoms with Crippen LogP contribution in [0.2, 0.25) is 5.02 Å². The van der Waals surface area contributed by atoms with Gasteiger partial charge in [0.25, 0.3) is 0 Å². The van der Waals surface area contributed by atoms with E-state index in [0.29, 0.717) is 31.1 Å². The van der Waals surface area contributed by atoms with Crippen LogP contribution in [-0.2, 0) is 11.2 Å². The molecule has 3 N–H and O–H groups in total. The number of nitrogen functional groups attached to an aromatic ring is 1. The van der Waals surface area contributed by atoms with E-state index in [2.05, 4.69) is 37.1 Å². The second-order valence-corrected chi connectivity index (χ2v) is 9.24. The number of hydrogen-bond acceptors (Lipinski definition) is 6. The van der Waals surface area contributed by atoms with E-state index in [9.17, 15) is 4.39 Å². The van der Waals surface area contributed by atoms with Gasteiger partial charge in [0.2, 0.25) is 11.9 Å². The Balaban J connectivity index is 1.46. The maximum Gasteiger partial charge on any atom is 0.246 e. The number of nitrogens with two attached hydrogens (primary N) is 1. The van der Waals surface area contributed by atoms with Gasteiger partial charge in [0.05, 0.1) is 6.61 Å². The fourth-order valence-corrected chi connectivity index (χ4v) is 4.58. The lowest BCUT2D eigenvalue weighted by Gasteiger charge is -2.48. The summed E-state index contributed by atoms with van der Waals surface area (Å²) in [6.45, 7) is 6.02. The van der Waals surface area contributed by atoms with Crippen LogP contribution in [0.15, 0.2) is 24.3 Å². The zero-order valence-corrected chi connectivity index (χ0v) is 18.3. The van der Waals surface area contributed by atoms with Crippen LogP contribution in [0.3, 0.4) is 0 Å². The number of morpholine rings is 1. The predicted octanol–water partition coefficient (Wildman–Crippen LogP) is 3.07. The molecule has 3 heterocycles. The number of nitrogens with one attached hydrogen (secondary N) is 1. The van der Waals surface area contributed by atoms with Crippen LogP contribution in [0.25, 0.3) is 0 Å². The molecule has 0 saturated carbocycles. The fraction of sp³-hybridized carbons (Fsp3) is 0.619. The average Bonchev–Trinajstić information content (AvgIpc) is 3.16. The molecule has 0 spiro atoms. The first-order valence-electron chi connectivity index (χ1n) is 10.5. The SMILES string of the molecule is CC(C)(F)C1CN(C2CCN(c3n[nH]c(N)n3)CC2)[C@@H](Cc2ccc(Cl)cc2)CO1. The Hall–Kier alpha value is -1.90. The molecule has 2 aromatic rings. The van der Waals surface area contributed by atoms with Crippen molar-refractivity contribution in [2.75, 3.05) is 36.9 Å². The third kappa shape index (κ3) is 4.87. The van der Waals surface area contributed by atoms with E-state index in [-0.39, 0.29) is 6.04 Å². The first-order chi connectivity index (χ1) is 14.3. The summed E-state index contributed by atoms with van der Waals surface area (Å²) in [4.78, 5) is 8.85. The van der Waals surface area contributed by atoms with Crippen molar-refractivity contribution in [2.24, 2.45) is 0 Å². The number of halogens is 2. The van der Waals surface area contributed by atoms with Gasteiger partial charge in [-0.1, -0.05) is 23.7 Å². The summed E-state index contributed by atoms with van der Waals surface area (Å²) in [6, 6.07) is 8.52. The maximum absolute atomic E-state index is 14.7. The lowest BCUT2D eigenvalue weighted by molar-refractivity contribution is -0.130. The second-order valence-electron chi connectivity index (χ2n) is 8.81. The summed E-state index contributed by atoms with van der Waals surface area (Å²) in [5.41, 5.74) is 5.50. The third-order valence-corrected chi connectivity index (χ3v) is 6.44. The number of hydrogen-bond donors (Lipinski definition) is 2. The van der Waals surface area contributed by atoms with Crippen LogP contribution >= 0.6 is 11.6 Å². The van der Waals surface area contributed by atoms with Gasteiger partial charge in [-0.25, -0.2) is 9.49 Å². The van der Waals surface area contributed by atoms with E-state index in [4.69, 9.17) is 22.1 Å². The van der Waals surface area contributed by atoms with E-state index < -0.39 is 11.8 Å². The van der Waals surface area contributed by atoms with Crippen molar-refractivity contribution in [1.82, 2.24) is 20.1 Å². The van der Waals surface area contributed by atoms with Gasteiger partial charge in [-0.2, -0.15) is 4.98 Å². The molecule has 1 unspecified atom stereocenters. The van der Waals surface area contributed by atoms with Crippen molar-refractivity contribution in [2.45, 2.75) is 57.0 Å². The Morgan fingerprint density at radius 3 is 2.57 bits per heavy atom. The van der Waals surface area contributed by atoms with Crippen LogP contribution < -0.4 is 10.6 Å². The molecule has 0 bridgehead atoms. The van der Waals surface area contributed by atoms with Crippen molar-refractivity contribution >= 4 is 23.5 Å². The number of aromatic nitrogens is 3. The monoisotopic (exact) mass is 436 g/mol. The minimum atomic E-state index is -1.37. The molecule has 30 heavy (non-hydrogen) atoms. The molecular weight excluding hydrogens is 407 g/mol. The Labute approximate surface area is 181 Å². The van der Waals surface area contributed by atoms with Gasteiger partial charge in [-0.3, -0.25) is 4.90 Å². The van der Waals surface area contributed by atoms with Crippen LogP contribution in [0.4, 0.5) is 16.3 Å². The summed E-state index contributed by atoms with van der Waals surface area (Å²) in [6.07, 6.45) is 2.36. The molecule has 1 aromatic carbocycles. The number of nitrogens with zero attached hydrogens (tertiary/aromatic N) is 4. The fourth-order valence-electron chi connectivity index (χ4n) is 4.45. The number of ether oxygens (including phenoxy) is 1. The van der Waals surface area contributed by atoms with Crippen molar-refractivity contribution in [3.8, 4) is 0 Å². The molecule has 164 valence electrons. The molecule has 2 fully saturated rings. The Bertz CT molecular complexity index is 831. The highest BCUT2D eigenvalue weighted by Gasteiger charge is 2.41. The van der Waals surface area contributed by atoms with Crippen molar-refractivity contribution in [3.05, 3.63) is 34.9 Å². The summed E-state index contributed by atoms with van der Waals surface area (Å²) >= 11 is 6.04.